The van der Waals surface area contributed by atoms with E-state index in [-0.39, 0.29) is 99.3 Å². The lowest BCUT2D eigenvalue weighted by atomic mass is 9.95. The number of urea groups is 1. The average Bonchev–Trinajstić information content (AvgIpc) is 4.19. The lowest BCUT2D eigenvalue weighted by Gasteiger charge is -2.42. The molecule has 3 aromatic carbocycles. The Balaban J connectivity index is 0.729. The number of aromatic hydroxyl groups is 1. The van der Waals surface area contributed by atoms with E-state index in [0.29, 0.717) is 49.2 Å². The molecule has 0 radical (unpaired) electrons. The first-order valence-corrected chi connectivity index (χ1v) is 27.0. The van der Waals surface area contributed by atoms with Gasteiger partial charge in [0.2, 0.25) is 17.7 Å². The summed E-state index contributed by atoms with van der Waals surface area (Å²) in [5, 5.41) is 28.8. The summed E-state index contributed by atoms with van der Waals surface area (Å²) in [6.45, 7) is 9.00. The quantitative estimate of drug-likeness (QED) is 0.115. The molecule has 0 spiro atoms. The first kappa shape index (κ1) is 50.9. The molecule has 2 N–H and O–H groups in total. The van der Waals surface area contributed by atoms with Gasteiger partial charge in [-0.05, 0) is 86.2 Å². The summed E-state index contributed by atoms with van der Waals surface area (Å²) >= 11 is 0. The third kappa shape index (κ3) is 9.46. The fourth-order valence-electron chi connectivity index (χ4n) is 12.7. The van der Waals surface area contributed by atoms with Crippen LogP contribution in [0.3, 0.4) is 0 Å². The molecule has 2 atom stereocenters. The Morgan fingerprint density at radius 1 is 0.910 bits per heavy atom. The van der Waals surface area contributed by atoms with Gasteiger partial charge in [-0.25, -0.2) is 18.6 Å². The van der Waals surface area contributed by atoms with Crippen LogP contribution in [0.25, 0.3) is 43.8 Å². The highest BCUT2D eigenvalue weighted by atomic mass is 19.1. The van der Waals surface area contributed by atoms with Crippen LogP contribution < -0.4 is 29.5 Å². The lowest BCUT2D eigenvalue weighted by molar-refractivity contribution is -0.134. The van der Waals surface area contributed by atoms with Gasteiger partial charge in [-0.2, -0.15) is 20.3 Å². The number of aromatic nitrogens is 5. The maximum absolute atomic E-state index is 17.6. The van der Waals surface area contributed by atoms with Gasteiger partial charge in [-0.1, -0.05) is 12.0 Å². The normalized spacial score (nSPS) is 20.8. The zero-order valence-corrected chi connectivity index (χ0v) is 43.8. The zero-order valence-electron chi connectivity index (χ0n) is 43.8. The second-order valence-corrected chi connectivity index (χ2v) is 21.9. The Morgan fingerprint density at radius 2 is 1.67 bits per heavy atom. The van der Waals surface area contributed by atoms with Crippen molar-refractivity contribution in [3.8, 4) is 47.3 Å². The summed E-state index contributed by atoms with van der Waals surface area (Å²) < 4.78 is 47.2. The summed E-state index contributed by atoms with van der Waals surface area (Å²) in [4.78, 5) is 65.1. The van der Waals surface area contributed by atoms with Gasteiger partial charge in [0, 0.05) is 138 Å². The molecule has 404 valence electrons. The SMILES string of the molecule is C#Cc1c(F)ccc2cc(O)cc(-c3nc(OC)c4c(N5CC6CCC(C5)N6C(=O)CCC#N)nc(OCC5(CN6CCN(CC7CCN(c8ccc9c(N%10CCC(=O)NC%10=O)nn(C)c9c8)CC7)CC6)CC5)nc4c3F)c12. The number of nitrogens with zero attached hydrogens (tertiary/aromatic N) is 12. The van der Waals surface area contributed by atoms with Crippen molar-refractivity contribution in [2.75, 3.05) is 100 Å². The topological polar surface area (TPSA) is 202 Å². The third-order valence-electron chi connectivity index (χ3n) is 17.0. The van der Waals surface area contributed by atoms with Crippen molar-refractivity contribution in [2.45, 2.75) is 69.9 Å². The number of fused-ring (bicyclic) bond motifs is 5. The molecule has 6 aliphatic rings. The number of carbonyl (C=O) groups is 3. The van der Waals surface area contributed by atoms with E-state index in [9.17, 15) is 24.8 Å². The van der Waals surface area contributed by atoms with Gasteiger partial charge in [0.25, 0.3) is 0 Å². The van der Waals surface area contributed by atoms with Crippen LogP contribution >= 0.6 is 0 Å². The van der Waals surface area contributed by atoms with Crippen molar-refractivity contribution in [2.24, 2.45) is 18.4 Å². The third-order valence-corrected chi connectivity index (χ3v) is 17.0. The molecule has 6 aromatic rings. The van der Waals surface area contributed by atoms with Crippen molar-refractivity contribution in [3.05, 3.63) is 59.7 Å². The number of piperazine rings is 2. The van der Waals surface area contributed by atoms with Gasteiger partial charge in [-0.3, -0.25) is 24.5 Å². The number of aryl methyl sites for hydroxylation is 1. The number of anilines is 3. The number of imide groups is 1. The molecule has 3 aromatic heterocycles. The molecule has 5 saturated heterocycles. The number of amides is 4. The van der Waals surface area contributed by atoms with E-state index < -0.39 is 17.7 Å². The smallest absolute Gasteiger partial charge is 0.329 e. The number of phenolic OH excluding ortho intramolecular Hbond substituents is 1. The zero-order chi connectivity index (χ0) is 54.0. The number of rotatable bonds is 14. The molecule has 1 aliphatic carbocycles. The fourth-order valence-corrected chi connectivity index (χ4v) is 12.7. The number of terminal acetylenes is 1. The highest BCUT2D eigenvalue weighted by molar-refractivity contribution is 6.09. The number of piperidine rings is 1. The van der Waals surface area contributed by atoms with Crippen LogP contribution in [0.15, 0.2) is 42.5 Å². The van der Waals surface area contributed by atoms with E-state index in [1.165, 1.54) is 36.3 Å². The minimum absolute atomic E-state index is 0.00331. The standard InChI is InChI=1S/C57H61F2N13O6/c1-4-40-43(58)12-7-35-26-39(73)28-42(47(35)40)50-49(59)51-48(54(62-50)77-3)53(70-30-37-8-9-38(31-70)72(37)46(75)6-5-18-60)64-55(63-51)78-33-57(16-17-57)32-68-24-22-67(23-25-68)29-34-13-19-69(20-14-34)36-10-11-41-44(27-36)66(2)65-52(41)71-21-15-45(74)61-56(71)76/h1,7,10-12,26-28,34,37-38,73H,5-6,8-9,13-17,19-25,29-33H2,2-3H3,(H,61,74,76). The second-order valence-electron chi connectivity index (χ2n) is 21.9. The van der Waals surface area contributed by atoms with E-state index in [1.807, 2.05) is 22.9 Å². The summed E-state index contributed by atoms with van der Waals surface area (Å²) in [7, 11) is 3.29. The predicted octanol–water partition coefficient (Wildman–Crippen LogP) is 6.33. The van der Waals surface area contributed by atoms with Gasteiger partial charge in [-0.15, -0.1) is 6.42 Å². The van der Waals surface area contributed by atoms with Crippen LogP contribution in [0, 0.1) is 46.6 Å². The maximum Gasteiger partial charge on any atom is 0.329 e. The molecule has 78 heavy (non-hydrogen) atoms. The molecule has 5 aliphatic heterocycles. The molecule has 8 heterocycles. The van der Waals surface area contributed by atoms with Gasteiger partial charge < -0.3 is 39.1 Å². The molecule has 2 unspecified atom stereocenters. The van der Waals surface area contributed by atoms with Crippen LogP contribution in [-0.4, -0.2) is 160 Å². The van der Waals surface area contributed by atoms with Crippen LogP contribution in [0.1, 0.15) is 63.4 Å². The van der Waals surface area contributed by atoms with Gasteiger partial charge in [0.1, 0.15) is 34.0 Å². The molecule has 12 rings (SSSR count). The number of nitrogens with one attached hydrogen (secondary N) is 1. The second kappa shape index (κ2) is 20.5. The first-order valence-electron chi connectivity index (χ1n) is 27.0. The van der Waals surface area contributed by atoms with E-state index in [0.717, 1.165) is 107 Å². The van der Waals surface area contributed by atoms with Crippen molar-refractivity contribution in [1.29, 1.82) is 5.26 Å². The molecular formula is C57H61F2N13O6. The Morgan fingerprint density at radius 3 is 2.37 bits per heavy atom. The minimum atomic E-state index is -0.860. The maximum atomic E-state index is 17.6. The molecule has 4 amide bonds. The van der Waals surface area contributed by atoms with Gasteiger partial charge in [0.15, 0.2) is 11.6 Å². The number of benzene rings is 3. The Labute approximate surface area is 449 Å². The van der Waals surface area contributed by atoms with Crippen molar-refractivity contribution in [3.63, 3.8) is 0 Å². The number of hydrogen-bond donors (Lipinski definition) is 2. The van der Waals surface area contributed by atoms with Crippen molar-refractivity contribution >= 4 is 67.7 Å². The highest BCUT2D eigenvalue weighted by Crippen LogP contribution is 2.48. The number of hydrogen-bond acceptors (Lipinski definition) is 15. The van der Waals surface area contributed by atoms with Crippen molar-refractivity contribution in [1.82, 2.24) is 44.7 Å². The lowest BCUT2D eigenvalue weighted by Crippen LogP contribution is -2.56. The monoisotopic (exact) mass is 1060 g/mol. The van der Waals surface area contributed by atoms with E-state index in [1.54, 1.807) is 4.68 Å². The van der Waals surface area contributed by atoms with E-state index in [4.69, 9.17) is 25.9 Å². The first-order chi connectivity index (χ1) is 37.8. The molecule has 19 nitrogen and oxygen atoms in total. The van der Waals surface area contributed by atoms with Crippen LogP contribution in [0.5, 0.6) is 17.6 Å². The minimum Gasteiger partial charge on any atom is -0.508 e. The number of halogens is 2. The number of phenols is 1. The average molecular weight is 1060 g/mol. The van der Waals surface area contributed by atoms with Crippen LogP contribution in [0.2, 0.25) is 0 Å². The number of ether oxygens (including phenoxy) is 2. The van der Waals surface area contributed by atoms with E-state index in [2.05, 4.69) is 54.2 Å². The van der Waals surface area contributed by atoms with Gasteiger partial charge in [0.05, 0.1) is 30.9 Å². The molecule has 1 saturated carbocycles. The predicted molar refractivity (Wildman–Crippen MR) is 288 cm³/mol. The summed E-state index contributed by atoms with van der Waals surface area (Å²) in [6, 6.07) is 13.0. The van der Waals surface area contributed by atoms with Crippen molar-refractivity contribution < 1.29 is 37.7 Å². The summed E-state index contributed by atoms with van der Waals surface area (Å²) in [5.41, 5.74) is 1.49. The molecule has 6 fully saturated rings. The molecule has 21 heteroatoms. The fraction of sp³-hybridized carbons (Fsp3) is 0.474. The summed E-state index contributed by atoms with van der Waals surface area (Å²) in [6.07, 6.45) is 12.0. The number of pyridine rings is 1. The Kier molecular flexibility index (Phi) is 13.4. The van der Waals surface area contributed by atoms with Gasteiger partial charge >= 0.3 is 12.0 Å². The molecular weight excluding hydrogens is 1000 g/mol. The summed E-state index contributed by atoms with van der Waals surface area (Å²) in [5.74, 6) is 1.81. The Hall–Kier alpha value is -7.88. The largest absolute Gasteiger partial charge is 0.508 e. The highest BCUT2D eigenvalue weighted by Gasteiger charge is 2.47. The van der Waals surface area contributed by atoms with E-state index >= 15 is 8.78 Å². The van der Waals surface area contributed by atoms with Crippen LogP contribution in [0.4, 0.5) is 30.9 Å². The number of nitriles is 1. The Bertz CT molecular complexity index is 3470. The molecule has 2 bridgehead atoms. The van der Waals surface area contributed by atoms with Crippen LogP contribution in [-0.2, 0) is 16.6 Å². The number of methoxy groups -OCH3 is 1. The number of carbonyl (C=O) groups excluding carboxylic acids is 3.